The minimum atomic E-state index is -3.05. The van der Waals surface area contributed by atoms with Crippen LogP contribution in [0.3, 0.4) is 0 Å². The van der Waals surface area contributed by atoms with Gasteiger partial charge in [0.2, 0.25) is 0 Å². The Kier molecular flexibility index (Phi) is 5.64. The molecule has 0 spiro atoms. The normalized spacial score (nSPS) is 14.7. The zero-order valence-corrected chi connectivity index (χ0v) is 18.5. The first-order valence-corrected chi connectivity index (χ1v) is 10.2. The number of aromatic nitrogens is 4. The average Bonchev–Trinajstić information content (AvgIpc) is 3.23. The predicted octanol–water partition coefficient (Wildman–Crippen LogP) is 3.19. The number of benzene rings is 1. The molecule has 0 aliphatic carbocycles. The van der Waals surface area contributed by atoms with Gasteiger partial charge in [-0.15, -0.1) is 12.4 Å². The van der Waals surface area contributed by atoms with Crippen LogP contribution in [0, 0.1) is 0 Å². The number of anilines is 1. The Balaban J connectivity index is 0.00000245. The number of rotatable bonds is 3. The topological polar surface area (TPSA) is 67.5 Å². The van der Waals surface area contributed by atoms with E-state index >= 15 is 0 Å². The fraction of sp³-hybridized carbons (Fsp3) is 0.318. The molecule has 4 aromatic rings. The predicted molar refractivity (Wildman–Crippen MR) is 123 cm³/mol. The summed E-state index contributed by atoms with van der Waals surface area (Å²) in [5.41, 5.74) is 2.88. The van der Waals surface area contributed by atoms with E-state index in [2.05, 4.69) is 20.3 Å². The zero-order chi connectivity index (χ0) is 21.8. The summed E-state index contributed by atoms with van der Waals surface area (Å²) in [6, 6.07) is 10.5. The van der Waals surface area contributed by atoms with Crippen molar-refractivity contribution in [2.45, 2.75) is 12.8 Å². The maximum atomic E-state index is 13.8. The highest BCUT2D eigenvalue weighted by atomic mass is 35.5. The van der Waals surface area contributed by atoms with E-state index in [4.69, 9.17) is 0 Å². The third kappa shape index (κ3) is 3.71. The van der Waals surface area contributed by atoms with Crippen molar-refractivity contribution >= 4 is 34.6 Å². The Hall–Kier alpha value is -3.04. The van der Waals surface area contributed by atoms with Crippen LogP contribution in [0.25, 0.3) is 27.8 Å². The van der Waals surface area contributed by atoms with Gasteiger partial charge in [0, 0.05) is 63.7 Å². The van der Waals surface area contributed by atoms with Crippen LogP contribution >= 0.6 is 12.4 Å². The minimum Gasteiger partial charge on any atom is -0.369 e. The third-order valence-corrected chi connectivity index (χ3v) is 5.77. The van der Waals surface area contributed by atoms with Crippen LogP contribution < -0.4 is 15.8 Å². The summed E-state index contributed by atoms with van der Waals surface area (Å²) in [6.07, 6.45) is 1.35. The number of nitrogens with one attached hydrogen (secondary N) is 1. The van der Waals surface area contributed by atoms with Crippen LogP contribution in [0.5, 0.6) is 0 Å². The fourth-order valence-corrected chi connectivity index (χ4v) is 4.04. The molecular weight excluding hydrogens is 438 g/mol. The van der Waals surface area contributed by atoms with E-state index in [9.17, 15) is 13.6 Å². The number of halogens is 3. The Morgan fingerprint density at radius 2 is 1.84 bits per heavy atom. The average molecular weight is 461 g/mol. The van der Waals surface area contributed by atoms with E-state index in [1.54, 1.807) is 23.7 Å². The van der Waals surface area contributed by atoms with Crippen LogP contribution in [0.1, 0.15) is 12.6 Å². The van der Waals surface area contributed by atoms with E-state index in [0.29, 0.717) is 27.8 Å². The smallest absolute Gasteiger partial charge is 0.286 e. The Morgan fingerprint density at radius 3 is 2.56 bits per heavy atom. The highest BCUT2D eigenvalue weighted by Crippen LogP contribution is 2.29. The molecule has 1 fully saturated rings. The maximum Gasteiger partial charge on any atom is 0.286 e. The molecule has 10 heteroatoms. The van der Waals surface area contributed by atoms with Crippen LogP contribution in [0.4, 0.5) is 14.5 Å². The number of hydrogen-bond donors (Lipinski definition) is 1. The van der Waals surface area contributed by atoms with Crippen LogP contribution in [0.2, 0.25) is 0 Å². The van der Waals surface area contributed by atoms with Crippen molar-refractivity contribution in [3.8, 4) is 11.3 Å². The highest BCUT2D eigenvalue weighted by Gasteiger charge is 2.26. The molecule has 5 rings (SSSR count). The molecule has 0 amide bonds. The van der Waals surface area contributed by atoms with Crippen molar-refractivity contribution in [2.24, 2.45) is 7.05 Å². The van der Waals surface area contributed by atoms with Crippen LogP contribution in [-0.2, 0) is 13.0 Å². The largest absolute Gasteiger partial charge is 0.369 e. The second-order valence-electron chi connectivity index (χ2n) is 7.92. The molecule has 0 saturated carbocycles. The molecule has 1 aliphatic heterocycles. The molecule has 1 aromatic carbocycles. The van der Waals surface area contributed by atoms with Crippen molar-refractivity contribution in [1.29, 1.82) is 0 Å². The van der Waals surface area contributed by atoms with Crippen molar-refractivity contribution in [3.63, 3.8) is 0 Å². The SMILES string of the molecule is Cl.Cn1c(=O)c2ccc(N3CCNCC3)cc2n2nc(-c3ccnc(C(C)(F)F)c3)cc12. The summed E-state index contributed by atoms with van der Waals surface area (Å²) >= 11 is 0. The first kappa shape index (κ1) is 22.2. The number of hydrogen-bond acceptors (Lipinski definition) is 5. The maximum absolute atomic E-state index is 13.8. The van der Waals surface area contributed by atoms with Gasteiger partial charge in [-0.05, 0) is 30.3 Å². The molecule has 1 N–H and O–H groups in total. The lowest BCUT2D eigenvalue weighted by atomic mass is 10.1. The quantitative estimate of drug-likeness (QED) is 0.508. The van der Waals surface area contributed by atoms with E-state index in [1.807, 2.05) is 18.2 Å². The lowest BCUT2D eigenvalue weighted by Gasteiger charge is -2.29. The number of alkyl halides is 2. The summed E-state index contributed by atoms with van der Waals surface area (Å²) in [5, 5.41) is 8.56. The number of nitrogens with zero attached hydrogens (tertiary/aromatic N) is 5. The first-order valence-electron chi connectivity index (χ1n) is 10.2. The molecule has 0 unspecified atom stereocenters. The number of aryl methyl sites for hydroxylation is 1. The summed E-state index contributed by atoms with van der Waals surface area (Å²) in [4.78, 5) is 19.0. The van der Waals surface area contributed by atoms with Crippen molar-refractivity contribution in [1.82, 2.24) is 24.5 Å². The number of piperazine rings is 1. The molecule has 1 saturated heterocycles. The molecule has 1 aliphatic rings. The molecule has 32 heavy (non-hydrogen) atoms. The first-order chi connectivity index (χ1) is 14.8. The molecule has 3 aromatic heterocycles. The van der Waals surface area contributed by atoms with Crippen LogP contribution in [-0.4, -0.2) is 45.3 Å². The van der Waals surface area contributed by atoms with Gasteiger partial charge in [0.15, 0.2) is 0 Å². The van der Waals surface area contributed by atoms with Gasteiger partial charge in [0.25, 0.3) is 11.5 Å². The third-order valence-electron chi connectivity index (χ3n) is 5.77. The zero-order valence-electron chi connectivity index (χ0n) is 17.7. The van der Waals surface area contributed by atoms with Gasteiger partial charge in [-0.1, -0.05) is 0 Å². The van der Waals surface area contributed by atoms with Crippen molar-refractivity contribution < 1.29 is 8.78 Å². The summed E-state index contributed by atoms with van der Waals surface area (Å²) in [5.74, 6) is -3.05. The van der Waals surface area contributed by atoms with Gasteiger partial charge < -0.3 is 10.2 Å². The number of pyridine rings is 1. The Bertz CT molecular complexity index is 1350. The molecule has 0 bridgehead atoms. The second-order valence-corrected chi connectivity index (χ2v) is 7.92. The lowest BCUT2D eigenvalue weighted by Crippen LogP contribution is -2.43. The van der Waals surface area contributed by atoms with Crippen LogP contribution in [0.15, 0.2) is 47.4 Å². The van der Waals surface area contributed by atoms with Crippen molar-refractivity contribution in [2.75, 3.05) is 31.1 Å². The van der Waals surface area contributed by atoms with E-state index in [-0.39, 0.29) is 23.7 Å². The van der Waals surface area contributed by atoms with Gasteiger partial charge in [-0.2, -0.15) is 13.9 Å². The van der Waals surface area contributed by atoms with Gasteiger partial charge in [-0.25, -0.2) is 4.52 Å². The minimum absolute atomic E-state index is 0. The van der Waals surface area contributed by atoms with Gasteiger partial charge in [0.05, 0.1) is 16.6 Å². The summed E-state index contributed by atoms with van der Waals surface area (Å²) in [6.45, 7) is 4.39. The van der Waals surface area contributed by atoms with Gasteiger partial charge >= 0.3 is 0 Å². The van der Waals surface area contributed by atoms with Crippen molar-refractivity contribution in [3.05, 3.63) is 58.6 Å². The van der Waals surface area contributed by atoms with E-state index in [1.165, 1.54) is 16.8 Å². The molecule has 0 radical (unpaired) electrons. The Labute approximate surface area is 189 Å². The van der Waals surface area contributed by atoms with Gasteiger partial charge in [0.1, 0.15) is 11.3 Å². The standard InChI is InChI=1S/C22H22F2N6O.ClH/c1-22(23,24)19-11-14(5-6-26-19)17-13-20-28(2)21(31)16-4-3-15(12-18(16)30(20)27-17)29-9-7-25-8-10-29;/h3-6,11-13,25H,7-10H2,1-2H3;1H. The fourth-order valence-electron chi connectivity index (χ4n) is 4.04. The molecular formula is C22H23ClF2N6O. The molecule has 168 valence electrons. The van der Waals surface area contributed by atoms with Gasteiger partial charge in [-0.3, -0.25) is 14.3 Å². The second kappa shape index (κ2) is 8.14. The van der Waals surface area contributed by atoms with E-state index in [0.717, 1.165) is 38.8 Å². The lowest BCUT2D eigenvalue weighted by molar-refractivity contribution is 0.0128. The van der Waals surface area contributed by atoms with E-state index < -0.39 is 5.92 Å². The summed E-state index contributed by atoms with van der Waals surface area (Å²) < 4.78 is 30.8. The molecule has 4 heterocycles. The Morgan fingerprint density at radius 1 is 1.09 bits per heavy atom. The number of fused-ring (bicyclic) bond motifs is 3. The molecule has 7 nitrogen and oxygen atoms in total. The summed E-state index contributed by atoms with van der Waals surface area (Å²) in [7, 11) is 1.69. The molecule has 0 atom stereocenters. The monoisotopic (exact) mass is 460 g/mol. The highest BCUT2D eigenvalue weighted by molar-refractivity contribution is 5.85.